The van der Waals surface area contributed by atoms with Gasteiger partial charge in [0.05, 0.1) is 17.9 Å². The third-order valence-corrected chi connectivity index (χ3v) is 8.09. The molecule has 0 bridgehead atoms. The lowest BCUT2D eigenvalue weighted by Gasteiger charge is -2.23. The Labute approximate surface area is 229 Å². The molecule has 0 radical (unpaired) electrons. The Morgan fingerprint density at radius 3 is 1.35 bits per heavy atom. The second kappa shape index (κ2) is 25.6. The molecule has 0 saturated heterocycles. The molecular weight excluding hydrogens is 486 g/mol. The predicted molar refractivity (Wildman–Crippen MR) is 157 cm³/mol. The number of nitrogens with one attached hydrogen (secondary N) is 1. The van der Waals surface area contributed by atoms with Crippen molar-refractivity contribution in [2.24, 2.45) is 0 Å². The molecule has 0 aromatic carbocycles. The molecule has 0 rings (SSSR count). The van der Waals surface area contributed by atoms with E-state index in [9.17, 15) is 22.9 Å². The van der Waals surface area contributed by atoms with Crippen LogP contribution in [0.5, 0.6) is 0 Å². The number of unbranched alkanes of at least 4 members (excludes halogenated alkanes) is 20. The van der Waals surface area contributed by atoms with E-state index in [1.165, 1.54) is 103 Å². The fourth-order valence-corrected chi connectivity index (χ4v) is 5.68. The highest BCUT2D eigenvalue weighted by atomic mass is 32.2. The summed E-state index contributed by atoms with van der Waals surface area (Å²) in [7, 11) is -4.29. The van der Waals surface area contributed by atoms with Crippen LogP contribution in [-0.4, -0.2) is 41.9 Å². The maximum Gasteiger partial charge on any atom is 0.266 e. The van der Waals surface area contributed by atoms with Crippen molar-refractivity contribution in [1.29, 1.82) is 0 Å². The van der Waals surface area contributed by atoms with Crippen LogP contribution in [0.4, 0.5) is 0 Å². The molecule has 0 spiro atoms. The molecule has 2 unspecified atom stereocenters. The first kappa shape index (κ1) is 36.3. The summed E-state index contributed by atoms with van der Waals surface area (Å²) in [5.41, 5.74) is 0. The Kier molecular flexibility index (Phi) is 25.2. The van der Waals surface area contributed by atoms with Crippen molar-refractivity contribution in [2.75, 3.05) is 5.75 Å². The molecule has 0 aliphatic carbocycles. The van der Waals surface area contributed by atoms with Gasteiger partial charge in [-0.2, -0.15) is 8.42 Å². The van der Waals surface area contributed by atoms with Crippen LogP contribution in [0.15, 0.2) is 0 Å². The SMILES string of the molecule is CCCCCCCCCCCCCCCC(=O)NC(CS(=O)(=O)O)C(O)CCCCCCCCCCC. The molecule has 0 fully saturated rings. The molecule has 3 N–H and O–H groups in total. The van der Waals surface area contributed by atoms with Gasteiger partial charge >= 0.3 is 0 Å². The van der Waals surface area contributed by atoms with Gasteiger partial charge in [0.25, 0.3) is 10.1 Å². The van der Waals surface area contributed by atoms with E-state index in [0.717, 1.165) is 38.5 Å². The van der Waals surface area contributed by atoms with Crippen molar-refractivity contribution in [1.82, 2.24) is 5.32 Å². The third kappa shape index (κ3) is 26.7. The fraction of sp³-hybridized carbons (Fsp3) is 0.967. The molecule has 0 saturated carbocycles. The Morgan fingerprint density at radius 2 is 0.973 bits per heavy atom. The zero-order valence-electron chi connectivity index (χ0n) is 24.4. The van der Waals surface area contributed by atoms with Crippen LogP contribution >= 0.6 is 0 Å². The summed E-state index contributed by atoms with van der Waals surface area (Å²) in [6, 6.07) is -0.960. The van der Waals surface area contributed by atoms with Gasteiger partial charge in [-0.3, -0.25) is 9.35 Å². The van der Waals surface area contributed by atoms with E-state index in [4.69, 9.17) is 0 Å². The first-order valence-corrected chi connectivity index (χ1v) is 17.3. The van der Waals surface area contributed by atoms with Gasteiger partial charge in [-0.15, -0.1) is 0 Å². The average molecular weight is 548 g/mol. The molecule has 7 heteroatoms. The van der Waals surface area contributed by atoms with Gasteiger partial charge in [-0.1, -0.05) is 149 Å². The molecule has 0 aromatic rings. The van der Waals surface area contributed by atoms with Crippen molar-refractivity contribution in [3.05, 3.63) is 0 Å². The molecule has 0 heterocycles. The second-order valence-electron chi connectivity index (χ2n) is 11.1. The Balaban J connectivity index is 3.96. The number of carbonyl (C=O) groups is 1. The van der Waals surface area contributed by atoms with Gasteiger partial charge in [0, 0.05) is 6.42 Å². The molecule has 0 aromatic heterocycles. The highest BCUT2D eigenvalue weighted by Gasteiger charge is 2.26. The number of hydrogen-bond acceptors (Lipinski definition) is 4. The van der Waals surface area contributed by atoms with Gasteiger partial charge in [0.15, 0.2) is 0 Å². The smallest absolute Gasteiger partial charge is 0.266 e. The van der Waals surface area contributed by atoms with Crippen molar-refractivity contribution in [3.63, 3.8) is 0 Å². The summed E-state index contributed by atoms with van der Waals surface area (Å²) in [4.78, 5) is 12.4. The number of aliphatic hydroxyl groups is 1. The van der Waals surface area contributed by atoms with E-state index in [2.05, 4.69) is 19.2 Å². The molecule has 2 atom stereocenters. The molecule has 1 amide bonds. The van der Waals surface area contributed by atoms with Gasteiger partial charge in [-0.25, -0.2) is 0 Å². The van der Waals surface area contributed by atoms with Crippen LogP contribution in [0.25, 0.3) is 0 Å². The van der Waals surface area contributed by atoms with Crippen molar-refractivity contribution in [3.8, 4) is 0 Å². The number of aliphatic hydroxyl groups excluding tert-OH is 1. The zero-order chi connectivity index (χ0) is 27.6. The highest BCUT2D eigenvalue weighted by molar-refractivity contribution is 7.85. The Hall–Kier alpha value is -0.660. The summed E-state index contributed by atoms with van der Waals surface area (Å²) < 4.78 is 32.1. The zero-order valence-corrected chi connectivity index (χ0v) is 25.2. The summed E-state index contributed by atoms with van der Waals surface area (Å²) in [5, 5.41) is 13.2. The first-order valence-electron chi connectivity index (χ1n) is 15.7. The van der Waals surface area contributed by atoms with E-state index >= 15 is 0 Å². The lowest BCUT2D eigenvalue weighted by Crippen LogP contribution is -2.47. The first-order chi connectivity index (χ1) is 17.8. The summed E-state index contributed by atoms with van der Waals surface area (Å²) >= 11 is 0. The summed E-state index contributed by atoms with van der Waals surface area (Å²) in [6.07, 6.45) is 26.2. The largest absolute Gasteiger partial charge is 0.391 e. The lowest BCUT2D eigenvalue weighted by molar-refractivity contribution is -0.122. The van der Waals surface area contributed by atoms with E-state index in [0.29, 0.717) is 12.8 Å². The molecular formula is C30H61NO5S. The van der Waals surface area contributed by atoms with Crippen LogP contribution in [0.1, 0.15) is 168 Å². The molecule has 0 aliphatic rings. The maximum absolute atomic E-state index is 12.4. The number of hydrogen-bond donors (Lipinski definition) is 3. The minimum absolute atomic E-state index is 0.247. The molecule has 222 valence electrons. The number of carbonyl (C=O) groups excluding carboxylic acids is 1. The Bertz CT molecular complexity index is 611. The number of rotatable bonds is 28. The second-order valence-corrected chi connectivity index (χ2v) is 12.6. The van der Waals surface area contributed by atoms with Crippen molar-refractivity contribution >= 4 is 16.0 Å². The van der Waals surface area contributed by atoms with E-state index in [1.807, 2.05) is 0 Å². The maximum atomic E-state index is 12.4. The standard InChI is InChI=1S/C30H61NO5S/c1-3-5-7-9-11-13-14-15-16-18-20-22-24-26-30(33)31-28(27-37(34,35)36)29(32)25-23-21-19-17-12-10-8-6-4-2/h28-29,32H,3-27H2,1-2H3,(H,31,33)(H,34,35,36). The average Bonchev–Trinajstić information content (AvgIpc) is 2.84. The minimum atomic E-state index is -4.29. The van der Waals surface area contributed by atoms with Crippen LogP contribution in [0.3, 0.4) is 0 Å². The third-order valence-electron chi connectivity index (χ3n) is 7.31. The monoisotopic (exact) mass is 547 g/mol. The Morgan fingerprint density at radius 1 is 0.622 bits per heavy atom. The van der Waals surface area contributed by atoms with E-state index in [1.54, 1.807) is 0 Å². The highest BCUT2D eigenvalue weighted by Crippen LogP contribution is 2.15. The van der Waals surface area contributed by atoms with Crippen LogP contribution in [0.2, 0.25) is 0 Å². The molecule has 0 aliphatic heterocycles. The van der Waals surface area contributed by atoms with Gasteiger partial charge in [0.1, 0.15) is 0 Å². The molecule has 37 heavy (non-hydrogen) atoms. The quantitative estimate of drug-likeness (QED) is 0.0677. The predicted octanol–water partition coefficient (Wildman–Crippen LogP) is 8.12. The summed E-state index contributed by atoms with van der Waals surface area (Å²) in [5.74, 6) is -0.890. The van der Waals surface area contributed by atoms with Crippen LogP contribution in [0, 0.1) is 0 Å². The lowest BCUT2D eigenvalue weighted by atomic mass is 10.0. The van der Waals surface area contributed by atoms with Gasteiger partial charge in [0.2, 0.25) is 5.91 Å². The van der Waals surface area contributed by atoms with Crippen molar-refractivity contribution in [2.45, 2.75) is 180 Å². The topological polar surface area (TPSA) is 104 Å². The minimum Gasteiger partial charge on any atom is -0.391 e. The van der Waals surface area contributed by atoms with Crippen LogP contribution in [-0.2, 0) is 14.9 Å². The van der Waals surface area contributed by atoms with E-state index in [-0.39, 0.29) is 5.91 Å². The molecule has 6 nitrogen and oxygen atoms in total. The fourth-order valence-electron chi connectivity index (χ4n) is 4.92. The number of amides is 1. The van der Waals surface area contributed by atoms with Crippen LogP contribution < -0.4 is 5.32 Å². The van der Waals surface area contributed by atoms with Crippen molar-refractivity contribution < 1.29 is 22.9 Å². The van der Waals surface area contributed by atoms with Gasteiger partial charge in [-0.05, 0) is 12.8 Å². The normalized spacial score (nSPS) is 13.5. The summed E-state index contributed by atoms with van der Waals surface area (Å²) in [6.45, 7) is 4.46. The van der Waals surface area contributed by atoms with Gasteiger partial charge < -0.3 is 10.4 Å². The van der Waals surface area contributed by atoms with E-state index < -0.39 is 28.0 Å².